The second-order valence-electron chi connectivity index (χ2n) is 5.28. The van der Waals surface area contributed by atoms with Gasteiger partial charge in [0.1, 0.15) is 0 Å². The van der Waals surface area contributed by atoms with Crippen LogP contribution < -0.4 is 4.90 Å². The average molecular weight is 416 g/mol. The van der Waals surface area contributed by atoms with Crippen molar-refractivity contribution < 1.29 is 5.11 Å². The molecule has 0 fully saturated rings. The third-order valence-electron chi connectivity index (χ3n) is 3.94. The second-order valence-corrected chi connectivity index (χ2v) is 6.60. The van der Waals surface area contributed by atoms with Gasteiger partial charge in [0.2, 0.25) is 0 Å². The summed E-state index contributed by atoms with van der Waals surface area (Å²) in [4.78, 5) is 6.83. The third-order valence-corrected chi connectivity index (χ3v) is 4.76. The van der Waals surface area contributed by atoms with Gasteiger partial charge in [-0.3, -0.25) is 4.99 Å². The van der Waals surface area contributed by atoms with Crippen LogP contribution >= 0.6 is 39.9 Å². The maximum atomic E-state index is 9.63. The number of aliphatic hydroxyl groups is 1. The Hall–Kier alpha value is -1.07. The topological polar surface area (TPSA) is 35.8 Å². The summed E-state index contributed by atoms with van der Waals surface area (Å²) >= 11 is 9.90. The molecule has 6 heteroatoms. The SMILES string of the molecule is CN1c2ccc(Br)cc2C(c2ccccc2Cl)=NCC1CO.Cl. The zero-order valence-electron chi connectivity index (χ0n) is 12.5. The van der Waals surface area contributed by atoms with Crippen LogP contribution in [-0.2, 0) is 0 Å². The Balaban J connectivity index is 0.00000192. The van der Waals surface area contributed by atoms with E-state index in [0.29, 0.717) is 11.6 Å². The van der Waals surface area contributed by atoms with E-state index in [-0.39, 0.29) is 25.1 Å². The molecule has 0 radical (unpaired) electrons. The Labute approximate surface area is 155 Å². The van der Waals surface area contributed by atoms with E-state index in [4.69, 9.17) is 16.6 Å². The number of benzene rings is 2. The van der Waals surface area contributed by atoms with Crippen LogP contribution in [0.4, 0.5) is 5.69 Å². The van der Waals surface area contributed by atoms with Crippen molar-refractivity contribution in [3.05, 3.63) is 63.1 Å². The minimum Gasteiger partial charge on any atom is -0.394 e. The van der Waals surface area contributed by atoms with E-state index >= 15 is 0 Å². The van der Waals surface area contributed by atoms with Crippen molar-refractivity contribution in [3.8, 4) is 0 Å². The molecule has 0 amide bonds. The predicted octanol–water partition coefficient (Wildman–Crippen LogP) is 4.17. The number of fused-ring (bicyclic) bond motifs is 1. The normalized spacial score (nSPS) is 17.0. The number of benzodiazepines with no additional fused rings is 1. The van der Waals surface area contributed by atoms with E-state index < -0.39 is 0 Å². The molecular formula is C17H17BrCl2N2O. The molecule has 0 bridgehead atoms. The Kier molecular flexibility index (Phi) is 6.09. The number of aliphatic imine (C=N–C) groups is 1. The summed E-state index contributed by atoms with van der Waals surface area (Å²) < 4.78 is 0.988. The molecule has 0 aliphatic carbocycles. The van der Waals surface area contributed by atoms with Gasteiger partial charge in [0.25, 0.3) is 0 Å². The van der Waals surface area contributed by atoms with Gasteiger partial charge in [-0.05, 0) is 24.3 Å². The number of nitrogens with zero attached hydrogens (tertiary/aromatic N) is 2. The van der Waals surface area contributed by atoms with Crippen LogP contribution in [0.5, 0.6) is 0 Å². The van der Waals surface area contributed by atoms with Gasteiger partial charge in [-0.1, -0.05) is 45.7 Å². The van der Waals surface area contributed by atoms with Gasteiger partial charge in [0, 0.05) is 33.4 Å². The molecule has 1 atom stereocenters. The van der Waals surface area contributed by atoms with Crippen LogP contribution in [0.1, 0.15) is 11.1 Å². The first-order chi connectivity index (χ1) is 10.6. The van der Waals surface area contributed by atoms with E-state index in [9.17, 15) is 5.11 Å². The zero-order chi connectivity index (χ0) is 15.7. The Morgan fingerprint density at radius 1 is 1.26 bits per heavy atom. The summed E-state index contributed by atoms with van der Waals surface area (Å²) in [5.41, 5.74) is 3.83. The van der Waals surface area contributed by atoms with Gasteiger partial charge in [0.05, 0.1) is 24.9 Å². The molecule has 2 aromatic carbocycles. The Morgan fingerprint density at radius 2 is 2.00 bits per heavy atom. The van der Waals surface area contributed by atoms with E-state index in [1.807, 2.05) is 49.5 Å². The van der Waals surface area contributed by atoms with Crippen LogP contribution in [-0.4, -0.2) is 37.1 Å². The van der Waals surface area contributed by atoms with Crippen molar-refractivity contribution in [3.63, 3.8) is 0 Å². The predicted molar refractivity (Wildman–Crippen MR) is 103 cm³/mol. The molecule has 2 aromatic rings. The number of halogens is 3. The molecule has 122 valence electrons. The van der Waals surface area contributed by atoms with E-state index in [1.54, 1.807) is 0 Å². The largest absolute Gasteiger partial charge is 0.394 e. The lowest BCUT2D eigenvalue weighted by Crippen LogP contribution is -2.36. The molecule has 23 heavy (non-hydrogen) atoms. The van der Waals surface area contributed by atoms with Crippen LogP contribution in [0.3, 0.4) is 0 Å². The van der Waals surface area contributed by atoms with Crippen molar-refractivity contribution in [2.45, 2.75) is 6.04 Å². The highest BCUT2D eigenvalue weighted by Crippen LogP contribution is 2.31. The number of likely N-dealkylation sites (N-methyl/N-ethyl adjacent to an activating group) is 1. The summed E-state index contributed by atoms with van der Waals surface area (Å²) in [6.07, 6.45) is 0. The van der Waals surface area contributed by atoms with Gasteiger partial charge in [-0.2, -0.15) is 0 Å². The lowest BCUT2D eigenvalue weighted by molar-refractivity contribution is 0.265. The maximum Gasteiger partial charge on any atom is 0.0756 e. The smallest absolute Gasteiger partial charge is 0.0756 e. The van der Waals surface area contributed by atoms with Gasteiger partial charge in [-0.25, -0.2) is 0 Å². The minimum atomic E-state index is -0.0417. The van der Waals surface area contributed by atoms with Crippen molar-refractivity contribution in [2.24, 2.45) is 4.99 Å². The molecular weight excluding hydrogens is 399 g/mol. The second kappa shape index (κ2) is 7.67. The first-order valence-electron chi connectivity index (χ1n) is 7.04. The van der Waals surface area contributed by atoms with E-state index in [0.717, 1.165) is 27.0 Å². The molecule has 0 saturated carbocycles. The fourth-order valence-electron chi connectivity index (χ4n) is 2.67. The van der Waals surface area contributed by atoms with E-state index in [2.05, 4.69) is 20.8 Å². The standard InChI is InChI=1S/C17H16BrClN2O.ClH/c1-21-12(10-22)9-20-17(13-4-2-3-5-15(13)19)14-8-11(18)6-7-16(14)21;/h2-8,12,22H,9-10H2,1H3;1H. The maximum absolute atomic E-state index is 9.63. The molecule has 0 saturated heterocycles. The van der Waals surface area contributed by atoms with Gasteiger partial charge in [-0.15, -0.1) is 12.4 Å². The highest BCUT2D eigenvalue weighted by atomic mass is 79.9. The number of aliphatic hydroxyl groups excluding tert-OH is 1. The van der Waals surface area contributed by atoms with Crippen LogP contribution in [0, 0.1) is 0 Å². The van der Waals surface area contributed by atoms with E-state index in [1.165, 1.54) is 0 Å². The average Bonchev–Trinajstić information content (AvgIpc) is 2.65. The molecule has 3 rings (SSSR count). The fourth-order valence-corrected chi connectivity index (χ4v) is 3.26. The highest BCUT2D eigenvalue weighted by molar-refractivity contribution is 9.10. The first kappa shape index (κ1) is 18.3. The summed E-state index contributed by atoms with van der Waals surface area (Å²) in [6, 6.07) is 13.8. The van der Waals surface area contributed by atoms with Crippen molar-refractivity contribution in [2.75, 3.05) is 25.1 Å². The summed E-state index contributed by atoms with van der Waals surface area (Å²) in [7, 11) is 1.98. The molecule has 1 aliphatic rings. The highest BCUT2D eigenvalue weighted by Gasteiger charge is 2.24. The van der Waals surface area contributed by atoms with Crippen LogP contribution in [0.15, 0.2) is 51.9 Å². The number of hydrogen-bond donors (Lipinski definition) is 1. The Bertz CT molecular complexity index is 736. The summed E-state index contributed by atoms with van der Waals surface area (Å²) in [5, 5.41) is 10.3. The van der Waals surface area contributed by atoms with Crippen molar-refractivity contribution in [1.29, 1.82) is 0 Å². The Morgan fingerprint density at radius 3 is 2.70 bits per heavy atom. The van der Waals surface area contributed by atoms with Gasteiger partial charge in [0.15, 0.2) is 0 Å². The molecule has 1 aliphatic heterocycles. The molecule has 0 spiro atoms. The van der Waals surface area contributed by atoms with Crippen molar-refractivity contribution in [1.82, 2.24) is 0 Å². The summed E-state index contributed by atoms with van der Waals surface area (Å²) in [6.45, 7) is 0.588. The lowest BCUT2D eigenvalue weighted by Gasteiger charge is -2.27. The third kappa shape index (κ3) is 3.56. The fraction of sp³-hybridized carbons (Fsp3) is 0.235. The molecule has 0 aromatic heterocycles. The van der Waals surface area contributed by atoms with Gasteiger partial charge >= 0.3 is 0 Å². The quantitative estimate of drug-likeness (QED) is 0.798. The lowest BCUT2D eigenvalue weighted by atomic mass is 10.00. The number of rotatable bonds is 2. The number of anilines is 1. The minimum absolute atomic E-state index is 0. The van der Waals surface area contributed by atoms with Crippen LogP contribution in [0.2, 0.25) is 5.02 Å². The molecule has 1 unspecified atom stereocenters. The zero-order valence-corrected chi connectivity index (χ0v) is 15.7. The van der Waals surface area contributed by atoms with Crippen molar-refractivity contribution >= 4 is 51.3 Å². The molecule has 1 N–H and O–H groups in total. The monoisotopic (exact) mass is 414 g/mol. The summed E-state index contributed by atoms with van der Waals surface area (Å²) in [5.74, 6) is 0. The molecule has 1 heterocycles. The van der Waals surface area contributed by atoms with Gasteiger partial charge < -0.3 is 10.0 Å². The first-order valence-corrected chi connectivity index (χ1v) is 8.22. The van der Waals surface area contributed by atoms with Crippen LogP contribution in [0.25, 0.3) is 0 Å². The molecule has 3 nitrogen and oxygen atoms in total. The number of hydrogen-bond acceptors (Lipinski definition) is 3.